The second-order valence-corrected chi connectivity index (χ2v) is 4.05. The van der Waals surface area contributed by atoms with E-state index in [0.29, 0.717) is 16.5 Å². The van der Waals surface area contributed by atoms with Gasteiger partial charge in [-0.3, -0.25) is 9.59 Å². The number of benzene rings is 1. The van der Waals surface area contributed by atoms with Crippen LogP contribution >= 0.6 is 11.6 Å². The molecule has 1 atom stereocenters. The average Bonchev–Trinajstić information content (AvgIpc) is 2.30. The summed E-state index contributed by atoms with van der Waals surface area (Å²) in [6.45, 7) is 0. The van der Waals surface area contributed by atoms with Crippen molar-refractivity contribution in [2.75, 3.05) is 12.4 Å². The van der Waals surface area contributed by atoms with Crippen molar-refractivity contribution in [3.63, 3.8) is 0 Å². The fraction of sp³-hybridized carbons (Fsp3) is 0.273. The van der Waals surface area contributed by atoms with Crippen molar-refractivity contribution >= 4 is 29.1 Å². The van der Waals surface area contributed by atoms with Gasteiger partial charge in [-0.25, -0.2) is 0 Å². The molecule has 6 heteroatoms. The number of rotatable bonds is 2. The lowest BCUT2D eigenvalue weighted by Crippen LogP contribution is -2.40. The van der Waals surface area contributed by atoms with E-state index in [4.69, 9.17) is 16.3 Å². The Bertz CT molecular complexity index is 476. The number of ether oxygens (including phenoxy) is 1. The van der Waals surface area contributed by atoms with E-state index in [1.54, 1.807) is 18.2 Å². The van der Waals surface area contributed by atoms with Crippen molar-refractivity contribution in [3.8, 4) is 5.75 Å². The summed E-state index contributed by atoms with van der Waals surface area (Å²) in [6, 6.07) is 4.92. The van der Waals surface area contributed by atoms with Crippen LogP contribution in [0.3, 0.4) is 0 Å². The maximum atomic E-state index is 11.7. The van der Waals surface area contributed by atoms with E-state index in [0.717, 1.165) is 0 Å². The number of hydrogen-bond donors (Lipinski definition) is 2. The third-order valence-electron chi connectivity index (χ3n) is 2.41. The number of carbonyl (C=O) groups excluding carboxylic acids is 2. The minimum Gasteiger partial charge on any atom is -0.478 e. The Morgan fingerprint density at radius 1 is 1.59 bits per heavy atom. The van der Waals surface area contributed by atoms with Gasteiger partial charge < -0.3 is 15.4 Å². The van der Waals surface area contributed by atoms with Crippen LogP contribution in [0.25, 0.3) is 0 Å². The highest BCUT2D eigenvalue weighted by molar-refractivity contribution is 6.31. The number of nitrogens with one attached hydrogen (secondary N) is 2. The maximum absolute atomic E-state index is 11.7. The summed E-state index contributed by atoms with van der Waals surface area (Å²) in [5, 5.41) is 5.61. The predicted molar refractivity (Wildman–Crippen MR) is 63.2 cm³/mol. The summed E-state index contributed by atoms with van der Waals surface area (Å²) in [7, 11) is 1.51. The van der Waals surface area contributed by atoms with Crippen LogP contribution in [0.4, 0.5) is 5.69 Å². The molecule has 1 aliphatic heterocycles. The van der Waals surface area contributed by atoms with Crippen molar-refractivity contribution in [2.45, 2.75) is 12.5 Å². The number of fused-ring (bicyclic) bond motifs is 1. The van der Waals surface area contributed by atoms with Crippen molar-refractivity contribution in [1.82, 2.24) is 5.32 Å². The van der Waals surface area contributed by atoms with Gasteiger partial charge in [-0.05, 0) is 18.2 Å². The van der Waals surface area contributed by atoms with Gasteiger partial charge in [0.15, 0.2) is 6.10 Å². The molecule has 17 heavy (non-hydrogen) atoms. The van der Waals surface area contributed by atoms with E-state index in [2.05, 4.69) is 10.6 Å². The molecule has 1 aliphatic rings. The van der Waals surface area contributed by atoms with Gasteiger partial charge >= 0.3 is 0 Å². The molecule has 0 saturated heterocycles. The maximum Gasteiger partial charge on any atom is 0.266 e. The van der Waals surface area contributed by atoms with Crippen LogP contribution in [0.2, 0.25) is 5.02 Å². The highest BCUT2D eigenvalue weighted by Crippen LogP contribution is 2.32. The normalized spacial score (nSPS) is 17.8. The first-order valence-electron chi connectivity index (χ1n) is 5.08. The first kappa shape index (κ1) is 11.7. The Hall–Kier alpha value is -1.75. The average molecular weight is 255 g/mol. The first-order chi connectivity index (χ1) is 8.10. The molecule has 1 heterocycles. The topological polar surface area (TPSA) is 67.4 Å². The highest BCUT2D eigenvalue weighted by atomic mass is 35.5. The summed E-state index contributed by atoms with van der Waals surface area (Å²) < 4.78 is 5.44. The molecule has 2 N–H and O–H groups in total. The summed E-state index contributed by atoms with van der Waals surface area (Å²) in [6.07, 6.45) is -0.812. The summed E-state index contributed by atoms with van der Waals surface area (Å²) in [4.78, 5) is 22.9. The van der Waals surface area contributed by atoms with E-state index in [9.17, 15) is 9.59 Å². The molecule has 0 fully saturated rings. The molecule has 0 aliphatic carbocycles. The number of amides is 2. The van der Waals surface area contributed by atoms with Gasteiger partial charge in [0, 0.05) is 12.1 Å². The zero-order chi connectivity index (χ0) is 12.4. The van der Waals surface area contributed by atoms with Gasteiger partial charge in [-0.2, -0.15) is 0 Å². The van der Waals surface area contributed by atoms with Crippen LogP contribution in [-0.2, 0) is 9.59 Å². The number of carbonyl (C=O) groups is 2. The zero-order valence-corrected chi connectivity index (χ0v) is 9.88. The van der Waals surface area contributed by atoms with E-state index < -0.39 is 6.10 Å². The van der Waals surface area contributed by atoms with E-state index in [1.807, 2.05) is 0 Å². The molecule has 2 rings (SSSR count). The van der Waals surface area contributed by atoms with Crippen LogP contribution in [0.5, 0.6) is 5.75 Å². The van der Waals surface area contributed by atoms with E-state index in [-0.39, 0.29) is 18.2 Å². The quantitative estimate of drug-likeness (QED) is 0.833. The monoisotopic (exact) mass is 254 g/mol. The molecule has 0 unspecified atom stereocenters. The molecular formula is C11H11ClN2O3. The Balaban J connectivity index is 2.18. The molecule has 2 amide bonds. The van der Waals surface area contributed by atoms with Gasteiger partial charge in [0.25, 0.3) is 5.91 Å². The highest BCUT2D eigenvalue weighted by Gasteiger charge is 2.29. The number of hydrogen-bond acceptors (Lipinski definition) is 3. The van der Waals surface area contributed by atoms with Crippen molar-refractivity contribution in [3.05, 3.63) is 23.2 Å². The molecule has 5 nitrogen and oxygen atoms in total. The van der Waals surface area contributed by atoms with Crippen molar-refractivity contribution in [2.24, 2.45) is 0 Å². The third-order valence-corrected chi connectivity index (χ3v) is 2.65. The van der Waals surface area contributed by atoms with Crippen LogP contribution in [0, 0.1) is 0 Å². The molecule has 1 aromatic carbocycles. The van der Waals surface area contributed by atoms with E-state index in [1.165, 1.54) is 7.05 Å². The second kappa shape index (κ2) is 4.63. The fourth-order valence-corrected chi connectivity index (χ4v) is 1.70. The molecule has 0 bridgehead atoms. The van der Waals surface area contributed by atoms with Gasteiger partial charge in [-0.1, -0.05) is 11.6 Å². The summed E-state index contributed by atoms with van der Waals surface area (Å²) in [5.74, 6) is -0.0752. The van der Waals surface area contributed by atoms with Crippen LogP contribution in [0.1, 0.15) is 6.42 Å². The predicted octanol–water partition coefficient (Wildman–Crippen LogP) is 1.18. The lowest BCUT2D eigenvalue weighted by Gasteiger charge is -2.25. The molecular weight excluding hydrogens is 244 g/mol. The Labute approximate surface area is 103 Å². The second-order valence-electron chi connectivity index (χ2n) is 3.61. The zero-order valence-electron chi connectivity index (χ0n) is 9.12. The molecule has 0 saturated carbocycles. The summed E-state index contributed by atoms with van der Waals surface area (Å²) in [5.41, 5.74) is 0.524. The van der Waals surface area contributed by atoms with Crippen LogP contribution in [-0.4, -0.2) is 25.0 Å². The Morgan fingerprint density at radius 3 is 3.06 bits per heavy atom. The molecule has 0 aromatic heterocycles. The number of anilines is 1. The minimum absolute atomic E-state index is 0.00952. The van der Waals surface area contributed by atoms with Gasteiger partial charge in [0.2, 0.25) is 5.91 Å². The largest absolute Gasteiger partial charge is 0.478 e. The lowest BCUT2D eigenvalue weighted by molar-refractivity contribution is -0.130. The lowest BCUT2D eigenvalue weighted by atomic mass is 10.1. The third kappa shape index (κ3) is 2.50. The molecule has 0 spiro atoms. The van der Waals surface area contributed by atoms with Crippen molar-refractivity contribution < 1.29 is 14.3 Å². The molecule has 90 valence electrons. The van der Waals surface area contributed by atoms with Gasteiger partial charge in [-0.15, -0.1) is 0 Å². The van der Waals surface area contributed by atoms with Gasteiger partial charge in [0.05, 0.1) is 12.1 Å². The number of halogens is 1. The molecule has 0 radical (unpaired) electrons. The van der Waals surface area contributed by atoms with Crippen molar-refractivity contribution in [1.29, 1.82) is 0 Å². The van der Waals surface area contributed by atoms with Crippen LogP contribution in [0.15, 0.2) is 18.2 Å². The smallest absolute Gasteiger partial charge is 0.266 e. The van der Waals surface area contributed by atoms with Gasteiger partial charge in [0.1, 0.15) is 5.75 Å². The minimum atomic E-state index is -0.802. The fourth-order valence-electron chi connectivity index (χ4n) is 1.53. The van der Waals surface area contributed by atoms with Crippen LogP contribution < -0.4 is 15.4 Å². The standard InChI is InChI=1S/C11H11ClN2O3/c1-13-10(15)5-9-11(16)14-7-4-6(12)2-3-8(7)17-9/h2-4,9H,5H2,1H3,(H,13,15)(H,14,16)/t9-/m1/s1. The Morgan fingerprint density at radius 2 is 2.35 bits per heavy atom. The first-order valence-corrected chi connectivity index (χ1v) is 5.45. The van der Waals surface area contributed by atoms with E-state index >= 15 is 0 Å². The molecule has 1 aromatic rings. The Kier molecular flexibility index (Phi) is 3.19. The SMILES string of the molecule is CNC(=O)C[C@H]1Oc2ccc(Cl)cc2NC1=O. The summed E-state index contributed by atoms with van der Waals surface area (Å²) >= 11 is 5.80.